The number of hydrogen-bond acceptors (Lipinski definition) is 4. The molecule has 2 fully saturated rings. The summed E-state index contributed by atoms with van der Waals surface area (Å²) in [5.74, 6) is -3.72. The van der Waals surface area contributed by atoms with Crippen LogP contribution in [0.5, 0.6) is 0 Å². The average molecular weight is 262 g/mol. The van der Waals surface area contributed by atoms with Crippen molar-refractivity contribution in [2.45, 2.75) is 31.8 Å². The Morgan fingerprint density at radius 2 is 2.28 bits per heavy atom. The highest BCUT2D eigenvalue weighted by atomic mass is 19.3. The minimum Gasteiger partial charge on any atom is -0.456 e. The van der Waals surface area contributed by atoms with Gasteiger partial charge in [-0.3, -0.25) is 4.90 Å². The van der Waals surface area contributed by atoms with Crippen molar-refractivity contribution in [3.8, 4) is 0 Å². The van der Waals surface area contributed by atoms with Crippen molar-refractivity contribution in [2.24, 2.45) is 17.6 Å². The van der Waals surface area contributed by atoms with E-state index in [0.29, 0.717) is 24.9 Å². The lowest BCUT2D eigenvalue weighted by atomic mass is 9.87. The lowest BCUT2D eigenvalue weighted by Gasteiger charge is -2.37. The van der Waals surface area contributed by atoms with Gasteiger partial charge < -0.3 is 10.5 Å². The van der Waals surface area contributed by atoms with Crippen LogP contribution in [0.2, 0.25) is 0 Å². The van der Waals surface area contributed by atoms with Gasteiger partial charge in [-0.15, -0.1) is 0 Å². The number of ether oxygens (including phenoxy) is 1. The molecule has 18 heavy (non-hydrogen) atoms. The molecule has 0 aromatic rings. The van der Waals surface area contributed by atoms with Gasteiger partial charge in [0.25, 0.3) is 0 Å². The van der Waals surface area contributed by atoms with Crippen molar-refractivity contribution in [1.29, 1.82) is 0 Å². The SMILES string of the molecule is CC1CCN(CC2CC(F)(F)C(=O)O2)CC1CN. The molecule has 0 saturated carbocycles. The molecule has 3 unspecified atom stereocenters. The second-order valence-corrected chi connectivity index (χ2v) is 5.46. The summed E-state index contributed by atoms with van der Waals surface area (Å²) in [7, 11) is 0. The molecule has 6 heteroatoms. The van der Waals surface area contributed by atoms with E-state index in [4.69, 9.17) is 10.5 Å². The van der Waals surface area contributed by atoms with Crippen LogP contribution in [0.3, 0.4) is 0 Å². The maximum absolute atomic E-state index is 13.0. The van der Waals surface area contributed by atoms with E-state index in [0.717, 1.165) is 19.5 Å². The summed E-state index contributed by atoms with van der Waals surface area (Å²) >= 11 is 0. The molecule has 0 bridgehead atoms. The Labute approximate surface area is 105 Å². The number of carbonyl (C=O) groups excluding carboxylic acids is 1. The first kappa shape index (κ1) is 13.7. The van der Waals surface area contributed by atoms with E-state index in [1.54, 1.807) is 0 Å². The van der Waals surface area contributed by atoms with Gasteiger partial charge >= 0.3 is 11.9 Å². The fraction of sp³-hybridized carbons (Fsp3) is 0.917. The number of halogens is 2. The van der Waals surface area contributed by atoms with E-state index < -0.39 is 24.4 Å². The van der Waals surface area contributed by atoms with Gasteiger partial charge in [0.15, 0.2) is 0 Å². The molecule has 0 radical (unpaired) electrons. The van der Waals surface area contributed by atoms with Gasteiger partial charge in [0.2, 0.25) is 0 Å². The van der Waals surface area contributed by atoms with Crippen LogP contribution < -0.4 is 5.73 Å². The topological polar surface area (TPSA) is 55.6 Å². The van der Waals surface area contributed by atoms with Crippen molar-refractivity contribution < 1.29 is 18.3 Å². The second-order valence-electron chi connectivity index (χ2n) is 5.46. The maximum atomic E-state index is 13.0. The number of nitrogens with zero attached hydrogens (tertiary/aromatic N) is 1. The summed E-state index contributed by atoms with van der Waals surface area (Å²) in [6.07, 6.45) is -0.163. The molecule has 2 heterocycles. The zero-order chi connectivity index (χ0) is 13.3. The highest BCUT2D eigenvalue weighted by Gasteiger charge is 2.51. The molecule has 0 aromatic carbocycles. The molecule has 2 N–H and O–H groups in total. The Morgan fingerprint density at radius 3 is 2.83 bits per heavy atom. The van der Waals surface area contributed by atoms with E-state index in [1.807, 2.05) is 0 Å². The minimum absolute atomic E-state index is 0.393. The first-order valence-electron chi connectivity index (χ1n) is 6.43. The number of esters is 1. The van der Waals surface area contributed by atoms with Gasteiger partial charge in [-0.2, -0.15) is 8.78 Å². The van der Waals surface area contributed by atoms with E-state index in [2.05, 4.69) is 11.8 Å². The van der Waals surface area contributed by atoms with Crippen LogP contribution in [0.25, 0.3) is 0 Å². The number of piperidine rings is 1. The Bertz CT molecular complexity index is 325. The van der Waals surface area contributed by atoms with Crippen LogP contribution in [0, 0.1) is 11.8 Å². The summed E-state index contributed by atoms with van der Waals surface area (Å²) < 4.78 is 30.8. The summed E-state index contributed by atoms with van der Waals surface area (Å²) in [5.41, 5.74) is 5.70. The lowest BCUT2D eigenvalue weighted by molar-refractivity contribution is -0.159. The first-order chi connectivity index (χ1) is 8.42. The van der Waals surface area contributed by atoms with Crippen molar-refractivity contribution in [1.82, 2.24) is 4.90 Å². The van der Waals surface area contributed by atoms with Gasteiger partial charge in [0.05, 0.1) is 6.42 Å². The highest BCUT2D eigenvalue weighted by Crippen LogP contribution is 2.32. The average Bonchev–Trinajstić information content (AvgIpc) is 2.55. The van der Waals surface area contributed by atoms with Crippen LogP contribution in [-0.4, -0.2) is 49.1 Å². The predicted octanol–water partition coefficient (Wildman–Crippen LogP) is 0.854. The minimum atomic E-state index is -3.30. The highest BCUT2D eigenvalue weighted by molar-refractivity contribution is 5.79. The van der Waals surface area contributed by atoms with Crippen LogP contribution in [0.4, 0.5) is 8.78 Å². The van der Waals surface area contributed by atoms with Crippen molar-refractivity contribution >= 4 is 5.97 Å². The van der Waals surface area contributed by atoms with Gasteiger partial charge in [-0.05, 0) is 31.3 Å². The number of likely N-dealkylation sites (tertiary alicyclic amines) is 1. The van der Waals surface area contributed by atoms with Gasteiger partial charge in [0, 0.05) is 13.1 Å². The number of alkyl halides is 2. The summed E-state index contributed by atoms with van der Waals surface area (Å²) in [6, 6.07) is 0. The van der Waals surface area contributed by atoms with Crippen molar-refractivity contribution in [3.05, 3.63) is 0 Å². The van der Waals surface area contributed by atoms with E-state index >= 15 is 0 Å². The molecular weight excluding hydrogens is 242 g/mol. The molecule has 2 aliphatic heterocycles. The van der Waals surface area contributed by atoms with Crippen LogP contribution in [0.15, 0.2) is 0 Å². The molecule has 0 aliphatic carbocycles. The Balaban J connectivity index is 1.86. The van der Waals surface area contributed by atoms with Gasteiger partial charge in [0.1, 0.15) is 6.10 Å². The zero-order valence-electron chi connectivity index (χ0n) is 10.6. The third kappa shape index (κ3) is 2.80. The monoisotopic (exact) mass is 262 g/mol. The summed E-state index contributed by atoms with van der Waals surface area (Å²) in [6.45, 7) is 4.83. The molecule has 2 aliphatic rings. The third-order valence-corrected chi connectivity index (χ3v) is 4.02. The fourth-order valence-electron chi connectivity index (χ4n) is 2.74. The standard InChI is InChI=1S/C12H20F2N2O2/c1-8-2-3-16(6-9(8)5-15)7-10-4-12(13,14)11(17)18-10/h8-10H,2-7,15H2,1H3. The molecule has 2 saturated heterocycles. The second kappa shape index (κ2) is 5.09. The van der Waals surface area contributed by atoms with Gasteiger partial charge in [-0.1, -0.05) is 6.92 Å². The summed E-state index contributed by atoms with van der Waals surface area (Å²) in [4.78, 5) is 13.0. The van der Waals surface area contributed by atoms with E-state index in [1.165, 1.54) is 0 Å². The maximum Gasteiger partial charge on any atom is 0.377 e. The van der Waals surface area contributed by atoms with Crippen molar-refractivity contribution in [2.75, 3.05) is 26.2 Å². The fourth-order valence-corrected chi connectivity index (χ4v) is 2.74. The summed E-state index contributed by atoms with van der Waals surface area (Å²) in [5, 5.41) is 0. The molecule has 0 spiro atoms. The van der Waals surface area contributed by atoms with E-state index in [9.17, 15) is 13.6 Å². The van der Waals surface area contributed by atoms with E-state index in [-0.39, 0.29) is 0 Å². The molecule has 0 aromatic heterocycles. The number of carbonyl (C=O) groups is 1. The Morgan fingerprint density at radius 1 is 1.56 bits per heavy atom. The third-order valence-electron chi connectivity index (χ3n) is 4.02. The largest absolute Gasteiger partial charge is 0.456 e. The quantitative estimate of drug-likeness (QED) is 0.766. The number of nitrogens with two attached hydrogens (primary N) is 1. The molecule has 104 valence electrons. The first-order valence-corrected chi connectivity index (χ1v) is 6.43. The number of cyclic esters (lactones) is 1. The lowest BCUT2D eigenvalue weighted by Crippen LogP contribution is -2.45. The molecule has 3 atom stereocenters. The molecular formula is C12H20F2N2O2. The zero-order valence-corrected chi connectivity index (χ0v) is 10.6. The molecule has 0 amide bonds. The van der Waals surface area contributed by atoms with Crippen LogP contribution in [0.1, 0.15) is 19.8 Å². The Kier molecular flexibility index (Phi) is 3.87. The predicted molar refractivity (Wildman–Crippen MR) is 62.2 cm³/mol. The normalized spacial score (nSPS) is 36.7. The molecule has 4 nitrogen and oxygen atoms in total. The molecule has 2 rings (SSSR count). The Hall–Kier alpha value is -0.750. The number of rotatable bonds is 3. The van der Waals surface area contributed by atoms with Crippen LogP contribution >= 0.6 is 0 Å². The van der Waals surface area contributed by atoms with Gasteiger partial charge in [-0.25, -0.2) is 4.79 Å². The number of hydrogen-bond donors (Lipinski definition) is 1. The smallest absolute Gasteiger partial charge is 0.377 e. The van der Waals surface area contributed by atoms with Crippen LogP contribution in [-0.2, 0) is 9.53 Å². The van der Waals surface area contributed by atoms with Crippen molar-refractivity contribution in [3.63, 3.8) is 0 Å².